The highest BCUT2D eigenvalue weighted by Gasteiger charge is 2.42. The molecule has 0 spiro atoms. The normalized spacial score (nSPS) is 42.6. The molecule has 0 aromatic carbocycles. The second kappa shape index (κ2) is 3.03. The number of ether oxygens (including phenoxy) is 2. The summed E-state index contributed by atoms with van der Waals surface area (Å²) in [5.41, 5.74) is 0. The minimum Gasteiger partial charge on any atom is -0.477 e. The molecule has 1 heterocycles. The standard InChI is InChI=1S/C8H14O4/c1-5-4-6(2)12-8(3,11-5)7(9)10/h5-6H,4H2,1-3H3,(H,9,10)/t5-,6-/m1/s1. The molecule has 0 unspecified atom stereocenters. The van der Waals surface area contributed by atoms with Crippen LogP contribution in [-0.4, -0.2) is 29.1 Å². The molecule has 0 aliphatic carbocycles. The Morgan fingerprint density at radius 1 is 1.42 bits per heavy atom. The summed E-state index contributed by atoms with van der Waals surface area (Å²) in [6, 6.07) is 0. The number of carbonyl (C=O) groups is 1. The van der Waals surface area contributed by atoms with Gasteiger partial charge in [0.25, 0.3) is 5.79 Å². The molecule has 70 valence electrons. The van der Waals surface area contributed by atoms with E-state index >= 15 is 0 Å². The van der Waals surface area contributed by atoms with E-state index in [9.17, 15) is 4.79 Å². The van der Waals surface area contributed by atoms with Crippen molar-refractivity contribution in [2.45, 2.75) is 45.2 Å². The molecular weight excluding hydrogens is 160 g/mol. The molecule has 0 aromatic rings. The molecule has 1 aliphatic heterocycles. The van der Waals surface area contributed by atoms with Crippen molar-refractivity contribution in [3.8, 4) is 0 Å². The lowest BCUT2D eigenvalue weighted by Gasteiger charge is -2.37. The predicted molar refractivity (Wildman–Crippen MR) is 41.8 cm³/mol. The second-order valence-electron chi connectivity index (χ2n) is 3.34. The third-order valence-corrected chi connectivity index (χ3v) is 1.90. The third kappa shape index (κ3) is 1.76. The Kier molecular flexibility index (Phi) is 2.39. The fraction of sp³-hybridized carbons (Fsp3) is 0.875. The molecule has 1 saturated heterocycles. The summed E-state index contributed by atoms with van der Waals surface area (Å²) in [4.78, 5) is 10.7. The van der Waals surface area contributed by atoms with E-state index in [4.69, 9.17) is 14.6 Å². The van der Waals surface area contributed by atoms with Crippen LogP contribution in [0.4, 0.5) is 0 Å². The van der Waals surface area contributed by atoms with Gasteiger partial charge in [-0.15, -0.1) is 0 Å². The van der Waals surface area contributed by atoms with Gasteiger partial charge < -0.3 is 14.6 Å². The number of aliphatic carboxylic acids is 1. The topological polar surface area (TPSA) is 55.8 Å². The summed E-state index contributed by atoms with van der Waals surface area (Å²) in [5.74, 6) is -2.53. The highest BCUT2D eigenvalue weighted by molar-refractivity contribution is 5.75. The van der Waals surface area contributed by atoms with Crippen molar-refractivity contribution >= 4 is 5.97 Å². The molecule has 1 rings (SSSR count). The zero-order chi connectivity index (χ0) is 9.35. The molecule has 1 N–H and O–H groups in total. The zero-order valence-corrected chi connectivity index (χ0v) is 7.53. The molecule has 0 amide bonds. The third-order valence-electron chi connectivity index (χ3n) is 1.90. The summed E-state index contributed by atoms with van der Waals surface area (Å²) in [6.45, 7) is 5.13. The smallest absolute Gasteiger partial charge is 0.364 e. The first-order valence-corrected chi connectivity index (χ1v) is 4.03. The van der Waals surface area contributed by atoms with Crippen molar-refractivity contribution in [2.24, 2.45) is 0 Å². The Morgan fingerprint density at radius 3 is 2.17 bits per heavy atom. The summed E-state index contributed by atoms with van der Waals surface area (Å²) in [6.07, 6.45) is 0.618. The minimum atomic E-state index is -1.46. The first-order chi connectivity index (χ1) is 5.44. The van der Waals surface area contributed by atoms with Crippen molar-refractivity contribution in [2.75, 3.05) is 0 Å². The SMILES string of the molecule is C[C@@H]1C[C@@H](C)OC(C)(C(=O)O)O1. The fourth-order valence-corrected chi connectivity index (χ4v) is 1.46. The Morgan fingerprint density at radius 2 is 1.83 bits per heavy atom. The van der Waals surface area contributed by atoms with E-state index in [0.717, 1.165) is 6.42 Å². The van der Waals surface area contributed by atoms with Gasteiger partial charge in [-0.1, -0.05) is 0 Å². The first-order valence-electron chi connectivity index (χ1n) is 4.03. The molecule has 0 radical (unpaired) electrons. The lowest BCUT2D eigenvalue weighted by atomic mass is 10.1. The summed E-state index contributed by atoms with van der Waals surface area (Å²) in [7, 11) is 0. The highest BCUT2D eigenvalue weighted by atomic mass is 16.7. The molecule has 0 saturated carbocycles. The van der Waals surface area contributed by atoms with Gasteiger partial charge in [-0.2, -0.15) is 0 Å². The van der Waals surface area contributed by atoms with E-state index < -0.39 is 11.8 Å². The van der Waals surface area contributed by atoms with Crippen molar-refractivity contribution in [3.05, 3.63) is 0 Å². The zero-order valence-electron chi connectivity index (χ0n) is 7.53. The van der Waals surface area contributed by atoms with E-state index in [-0.39, 0.29) is 12.2 Å². The van der Waals surface area contributed by atoms with Crippen molar-refractivity contribution in [1.82, 2.24) is 0 Å². The van der Waals surface area contributed by atoms with Crippen molar-refractivity contribution in [3.63, 3.8) is 0 Å². The average Bonchev–Trinajstić information content (AvgIpc) is 1.82. The van der Waals surface area contributed by atoms with Gasteiger partial charge in [0.15, 0.2) is 0 Å². The van der Waals surface area contributed by atoms with E-state index in [1.165, 1.54) is 6.92 Å². The second-order valence-corrected chi connectivity index (χ2v) is 3.34. The van der Waals surface area contributed by atoms with Crippen LogP contribution in [0.5, 0.6) is 0 Å². The highest BCUT2D eigenvalue weighted by Crippen LogP contribution is 2.26. The fourth-order valence-electron chi connectivity index (χ4n) is 1.46. The van der Waals surface area contributed by atoms with Gasteiger partial charge in [-0.25, -0.2) is 4.79 Å². The molecule has 12 heavy (non-hydrogen) atoms. The summed E-state index contributed by atoms with van der Waals surface area (Å²) in [5, 5.41) is 8.78. The van der Waals surface area contributed by atoms with Crippen LogP contribution >= 0.6 is 0 Å². The van der Waals surface area contributed by atoms with E-state index in [0.29, 0.717) is 0 Å². The van der Waals surface area contributed by atoms with Gasteiger partial charge in [-0.3, -0.25) is 0 Å². The number of carboxylic acids is 1. The molecule has 0 aromatic heterocycles. The monoisotopic (exact) mass is 174 g/mol. The average molecular weight is 174 g/mol. The maximum absolute atomic E-state index is 10.7. The lowest BCUT2D eigenvalue weighted by Crippen LogP contribution is -2.50. The van der Waals surface area contributed by atoms with Gasteiger partial charge in [-0.05, 0) is 20.3 Å². The Bertz CT molecular complexity index is 179. The van der Waals surface area contributed by atoms with Crippen molar-refractivity contribution < 1.29 is 19.4 Å². The first kappa shape index (κ1) is 9.48. The van der Waals surface area contributed by atoms with Crippen LogP contribution in [0.15, 0.2) is 0 Å². The van der Waals surface area contributed by atoms with Gasteiger partial charge in [0.2, 0.25) is 0 Å². The van der Waals surface area contributed by atoms with Crippen LogP contribution in [-0.2, 0) is 14.3 Å². The summed E-state index contributed by atoms with van der Waals surface area (Å²) >= 11 is 0. The van der Waals surface area contributed by atoms with Crippen LogP contribution < -0.4 is 0 Å². The van der Waals surface area contributed by atoms with E-state index in [1.54, 1.807) is 0 Å². The molecular formula is C8H14O4. The summed E-state index contributed by atoms with van der Waals surface area (Å²) < 4.78 is 10.4. The van der Waals surface area contributed by atoms with Crippen LogP contribution in [0.25, 0.3) is 0 Å². The molecule has 4 heteroatoms. The van der Waals surface area contributed by atoms with E-state index in [1.807, 2.05) is 13.8 Å². The molecule has 0 bridgehead atoms. The maximum atomic E-state index is 10.7. The number of hydrogen-bond acceptors (Lipinski definition) is 3. The maximum Gasteiger partial charge on any atom is 0.364 e. The number of rotatable bonds is 1. The molecule has 4 nitrogen and oxygen atoms in total. The van der Waals surface area contributed by atoms with Gasteiger partial charge in [0.05, 0.1) is 12.2 Å². The van der Waals surface area contributed by atoms with E-state index in [2.05, 4.69) is 0 Å². The Labute approximate surface area is 71.5 Å². The molecule has 2 atom stereocenters. The predicted octanol–water partition coefficient (Wildman–Crippen LogP) is 1.00. The molecule has 1 fully saturated rings. The van der Waals surface area contributed by atoms with Crippen LogP contribution in [0.2, 0.25) is 0 Å². The number of carboxylic acid groups (broad SMARTS) is 1. The van der Waals surface area contributed by atoms with Gasteiger partial charge >= 0.3 is 5.97 Å². The van der Waals surface area contributed by atoms with Crippen LogP contribution in [0.1, 0.15) is 27.2 Å². The largest absolute Gasteiger partial charge is 0.477 e. The Hall–Kier alpha value is -0.610. The number of hydrogen-bond donors (Lipinski definition) is 1. The lowest BCUT2D eigenvalue weighted by molar-refractivity contribution is -0.295. The minimum absolute atomic E-state index is 0.0603. The van der Waals surface area contributed by atoms with Crippen molar-refractivity contribution in [1.29, 1.82) is 0 Å². The van der Waals surface area contributed by atoms with Gasteiger partial charge in [0, 0.05) is 6.92 Å². The van der Waals surface area contributed by atoms with Crippen LogP contribution in [0.3, 0.4) is 0 Å². The molecule has 1 aliphatic rings. The Balaban J connectivity index is 2.71. The quantitative estimate of drug-likeness (QED) is 0.644. The van der Waals surface area contributed by atoms with Crippen LogP contribution in [0, 0.1) is 0 Å². The van der Waals surface area contributed by atoms with Gasteiger partial charge in [0.1, 0.15) is 0 Å².